The van der Waals surface area contributed by atoms with Crippen molar-refractivity contribution < 1.29 is 4.42 Å². The summed E-state index contributed by atoms with van der Waals surface area (Å²) in [6.07, 6.45) is 4.56. The Morgan fingerprint density at radius 3 is 2.64 bits per heavy atom. The molecule has 3 heterocycles. The van der Waals surface area contributed by atoms with Crippen LogP contribution in [-0.2, 0) is 6.54 Å². The molecule has 0 N–H and O–H groups in total. The Hall–Kier alpha value is -3.14. The van der Waals surface area contributed by atoms with Crippen molar-refractivity contribution in [2.45, 2.75) is 19.9 Å². The van der Waals surface area contributed by atoms with Gasteiger partial charge >= 0.3 is 0 Å². The largest absolute Gasteiger partial charge is 0.454 e. The van der Waals surface area contributed by atoms with E-state index in [9.17, 15) is 4.79 Å². The Morgan fingerprint density at radius 1 is 1.00 bits per heavy atom. The van der Waals surface area contributed by atoms with Crippen LogP contribution in [0.15, 0.2) is 76.2 Å². The number of aromatic nitrogens is 2. The summed E-state index contributed by atoms with van der Waals surface area (Å²) in [7, 11) is 0. The highest BCUT2D eigenvalue weighted by Gasteiger charge is 2.19. The van der Waals surface area contributed by atoms with E-state index in [0.717, 1.165) is 40.0 Å². The summed E-state index contributed by atoms with van der Waals surface area (Å²) in [5.74, 6) is 0.774. The average molecular weight is 330 g/mol. The van der Waals surface area contributed by atoms with E-state index >= 15 is 0 Å². The number of fused-ring (bicyclic) bond motifs is 1. The molecule has 124 valence electrons. The second-order valence-electron chi connectivity index (χ2n) is 5.97. The van der Waals surface area contributed by atoms with Gasteiger partial charge in [-0.05, 0) is 24.6 Å². The van der Waals surface area contributed by atoms with Crippen molar-refractivity contribution >= 4 is 11.1 Å². The van der Waals surface area contributed by atoms with Crippen LogP contribution in [0.2, 0.25) is 0 Å². The summed E-state index contributed by atoms with van der Waals surface area (Å²) in [4.78, 5) is 16.6. The number of benzene rings is 1. The highest BCUT2D eigenvalue weighted by Crippen LogP contribution is 2.39. The lowest BCUT2D eigenvalue weighted by atomic mass is 10.0. The lowest BCUT2D eigenvalue weighted by Crippen LogP contribution is -2.18. The van der Waals surface area contributed by atoms with Crippen molar-refractivity contribution in [2.75, 3.05) is 0 Å². The van der Waals surface area contributed by atoms with E-state index < -0.39 is 0 Å². The lowest BCUT2D eigenvalue weighted by molar-refractivity contribution is 0.631. The topological polar surface area (TPSA) is 48.0 Å². The number of nitrogens with zero attached hydrogens (tertiary/aromatic N) is 2. The van der Waals surface area contributed by atoms with Crippen LogP contribution in [0.4, 0.5) is 0 Å². The van der Waals surface area contributed by atoms with Gasteiger partial charge in [-0.1, -0.05) is 37.3 Å². The molecule has 25 heavy (non-hydrogen) atoms. The van der Waals surface area contributed by atoms with Gasteiger partial charge in [0.05, 0.1) is 5.56 Å². The van der Waals surface area contributed by atoms with Crippen molar-refractivity contribution in [3.63, 3.8) is 0 Å². The molecule has 0 unspecified atom stereocenters. The van der Waals surface area contributed by atoms with Crippen LogP contribution < -0.4 is 5.56 Å². The van der Waals surface area contributed by atoms with E-state index in [1.807, 2.05) is 54.7 Å². The zero-order valence-electron chi connectivity index (χ0n) is 14.0. The van der Waals surface area contributed by atoms with Crippen molar-refractivity contribution in [3.05, 3.63) is 77.3 Å². The summed E-state index contributed by atoms with van der Waals surface area (Å²) in [5.41, 5.74) is 4.40. The van der Waals surface area contributed by atoms with Crippen LogP contribution in [0.25, 0.3) is 33.6 Å². The first-order valence-corrected chi connectivity index (χ1v) is 8.41. The normalized spacial score (nSPS) is 11.1. The number of pyridine rings is 2. The zero-order chi connectivity index (χ0) is 17.2. The number of hydrogen-bond acceptors (Lipinski definition) is 3. The van der Waals surface area contributed by atoms with Gasteiger partial charge in [-0.2, -0.15) is 0 Å². The predicted octanol–water partition coefficient (Wildman–Crippen LogP) is 4.73. The van der Waals surface area contributed by atoms with E-state index in [0.29, 0.717) is 6.54 Å². The molecule has 0 amide bonds. The lowest BCUT2D eigenvalue weighted by Gasteiger charge is -2.08. The first kappa shape index (κ1) is 15.4. The number of hydrogen-bond donors (Lipinski definition) is 0. The summed E-state index contributed by atoms with van der Waals surface area (Å²) >= 11 is 0. The van der Waals surface area contributed by atoms with E-state index in [-0.39, 0.29) is 5.56 Å². The number of furan rings is 1. The monoisotopic (exact) mass is 330 g/mol. The molecular weight excluding hydrogens is 312 g/mol. The number of rotatable bonds is 4. The maximum absolute atomic E-state index is 12.1. The Labute approximate surface area is 145 Å². The Bertz CT molecular complexity index is 1080. The Kier molecular flexibility index (Phi) is 3.94. The fourth-order valence-electron chi connectivity index (χ4n) is 3.08. The third-order valence-corrected chi connectivity index (χ3v) is 4.22. The van der Waals surface area contributed by atoms with Gasteiger partial charge in [0.15, 0.2) is 5.58 Å². The van der Waals surface area contributed by atoms with Gasteiger partial charge < -0.3 is 8.98 Å². The molecule has 0 aliphatic heterocycles. The van der Waals surface area contributed by atoms with Crippen LogP contribution in [-0.4, -0.2) is 9.55 Å². The van der Waals surface area contributed by atoms with Crippen LogP contribution in [0, 0.1) is 0 Å². The Morgan fingerprint density at radius 2 is 1.84 bits per heavy atom. The molecule has 4 heteroatoms. The summed E-state index contributed by atoms with van der Waals surface area (Å²) in [6.45, 7) is 2.75. The SMILES string of the molecule is CCCn1cc(-c2c(-c3ccccc3)oc3cccnc23)ccc1=O. The minimum atomic E-state index is 0.00706. The highest BCUT2D eigenvalue weighted by molar-refractivity contribution is 5.99. The maximum atomic E-state index is 12.1. The van der Waals surface area contributed by atoms with E-state index in [4.69, 9.17) is 4.42 Å². The van der Waals surface area contributed by atoms with E-state index in [2.05, 4.69) is 11.9 Å². The molecule has 0 fully saturated rings. The van der Waals surface area contributed by atoms with Crippen molar-refractivity contribution in [3.8, 4) is 22.5 Å². The fraction of sp³-hybridized carbons (Fsp3) is 0.143. The molecule has 4 aromatic rings. The van der Waals surface area contributed by atoms with Crippen molar-refractivity contribution in [1.82, 2.24) is 9.55 Å². The second-order valence-corrected chi connectivity index (χ2v) is 5.97. The molecule has 4 nitrogen and oxygen atoms in total. The molecule has 0 spiro atoms. The molecular formula is C21H18N2O2. The quantitative estimate of drug-likeness (QED) is 0.543. The minimum Gasteiger partial charge on any atom is -0.454 e. The summed E-state index contributed by atoms with van der Waals surface area (Å²) in [6, 6.07) is 17.2. The molecule has 3 aromatic heterocycles. The van der Waals surface area contributed by atoms with E-state index in [1.54, 1.807) is 16.8 Å². The average Bonchev–Trinajstić information content (AvgIpc) is 3.04. The van der Waals surface area contributed by atoms with Gasteiger partial charge in [0.2, 0.25) is 0 Å². The molecule has 0 bridgehead atoms. The van der Waals surface area contributed by atoms with Crippen LogP contribution >= 0.6 is 0 Å². The minimum absolute atomic E-state index is 0.00706. The molecule has 0 aliphatic rings. The van der Waals surface area contributed by atoms with Gasteiger partial charge in [-0.3, -0.25) is 9.78 Å². The van der Waals surface area contributed by atoms with Gasteiger partial charge in [0.25, 0.3) is 5.56 Å². The molecule has 0 atom stereocenters. The first-order chi connectivity index (χ1) is 12.3. The fourth-order valence-corrected chi connectivity index (χ4v) is 3.08. The maximum Gasteiger partial charge on any atom is 0.250 e. The predicted molar refractivity (Wildman–Crippen MR) is 99.4 cm³/mol. The van der Waals surface area contributed by atoms with Gasteiger partial charge in [0.1, 0.15) is 11.3 Å². The standard InChI is InChI=1S/C21H18N2O2/c1-2-13-23-14-16(10-11-18(23)24)19-20-17(9-6-12-22-20)25-21(19)15-7-4-3-5-8-15/h3-12,14H,2,13H2,1H3. The van der Waals surface area contributed by atoms with Crippen LogP contribution in [0.5, 0.6) is 0 Å². The third-order valence-electron chi connectivity index (χ3n) is 4.22. The molecule has 0 saturated carbocycles. The van der Waals surface area contributed by atoms with Crippen molar-refractivity contribution in [1.29, 1.82) is 0 Å². The molecule has 0 saturated heterocycles. The van der Waals surface area contributed by atoms with Gasteiger partial charge in [-0.15, -0.1) is 0 Å². The number of aryl methyl sites for hydroxylation is 1. The van der Waals surface area contributed by atoms with Crippen LogP contribution in [0.3, 0.4) is 0 Å². The zero-order valence-corrected chi connectivity index (χ0v) is 14.0. The summed E-state index contributed by atoms with van der Waals surface area (Å²) in [5, 5.41) is 0. The van der Waals surface area contributed by atoms with E-state index in [1.165, 1.54) is 0 Å². The third kappa shape index (κ3) is 2.76. The second kappa shape index (κ2) is 6.40. The molecule has 1 aromatic carbocycles. The smallest absolute Gasteiger partial charge is 0.250 e. The van der Waals surface area contributed by atoms with Gasteiger partial charge in [0, 0.05) is 36.1 Å². The summed E-state index contributed by atoms with van der Waals surface area (Å²) < 4.78 is 7.86. The molecule has 4 rings (SSSR count). The first-order valence-electron chi connectivity index (χ1n) is 8.41. The highest BCUT2D eigenvalue weighted by atomic mass is 16.3. The van der Waals surface area contributed by atoms with Crippen molar-refractivity contribution in [2.24, 2.45) is 0 Å². The van der Waals surface area contributed by atoms with Gasteiger partial charge in [-0.25, -0.2) is 0 Å². The molecule has 0 aliphatic carbocycles. The molecule has 0 radical (unpaired) electrons. The van der Waals surface area contributed by atoms with Crippen LogP contribution in [0.1, 0.15) is 13.3 Å². The Balaban J connectivity index is 2.01.